The first-order valence-corrected chi connectivity index (χ1v) is 20.4. The molecule has 0 unspecified atom stereocenters. The molecule has 0 amide bonds. The summed E-state index contributed by atoms with van der Waals surface area (Å²) in [6, 6.07) is 0. The molecular weight excluding hydrogens is 651 g/mol. The van der Waals surface area contributed by atoms with E-state index >= 15 is 0 Å². The highest BCUT2D eigenvalue weighted by Crippen LogP contribution is 2.35. The average Bonchev–Trinajstić information content (AvgIpc) is 3.08. The van der Waals surface area contributed by atoms with Crippen molar-refractivity contribution < 1.29 is 37.9 Å². The van der Waals surface area contributed by atoms with Gasteiger partial charge in [-0.1, -0.05) is 125 Å². The first-order valence-electron chi connectivity index (χ1n) is 18.9. The van der Waals surface area contributed by atoms with Crippen LogP contribution in [0.1, 0.15) is 142 Å². The maximum atomic E-state index is 12.4. The highest BCUT2D eigenvalue weighted by Gasteiger charge is 2.22. The average molecular weight is 719 g/mol. The summed E-state index contributed by atoms with van der Waals surface area (Å²) in [5, 5.41) is 0. The largest absolute Gasteiger partial charge is 0.469 e. The minimum Gasteiger partial charge on any atom is -0.462 e. The lowest BCUT2D eigenvalue weighted by molar-refractivity contribution is -0.161. The number of carbonyl (C=O) groups is 2. The van der Waals surface area contributed by atoms with Crippen molar-refractivity contribution in [2.45, 2.75) is 148 Å². The van der Waals surface area contributed by atoms with E-state index in [0.717, 1.165) is 77.0 Å². The summed E-state index contributed by atoms with van der Waals surface area (Å²) >= 11 is 0. The zero-order chi connectivity index (χ0) is 36.8. The number of phosphoric ester groups is 1. The Kier molecular flexibility index (Phi) is 34.0. The monoisotopic (exact) mass is 718 g/mol. The SMILES string of the molecule is CCC/C=C/C/C=C/C/C=C/C/C=C/CCCCCC(=O)O[C@H](COC(=O)CCCC/C=C/C/C=C/C/C=C/CCCCC)COP(=O)(O)O. The second-order valence-electron chi connectivity index (χ2n) is 12.2. The van der Waals surface area contributed by atoms with Crippen molar-refractivity contribution in [1.82, 2.24) is 0 Å². The Morgan fingerprint density at radius 2 is 0.940 bits per heavy atom. The number of carbonyl (C=O) groups excluding carboxylic acids is 2. The summed E-state index contributed by atoms with van der Waals surface area (Å²) in [5.41, 5.74) is 0. The molecule has 0 spiro atoms. The van der Waals surface area contributed by atoms with Crippen molar-refractivity contribution in [3.05, 3.63) is 85.1 Å². The predicted molar refractivity (Wildman–Crippen MR) is 207 cm³/mol. The number of allylic oxidation sites excluding steroid dienone is 14. The highest BCUT2D eigenvalue weighted by atomic mass is 31.2. The molecule has 0 fully saturated rings. The van der Waals surface area contributed by atoms with Crippen LogP contribution in [-0.4, -0.2) is 41.0 Å². The minimum absolute atomic E-state index is 0.161. The maximum absolute atomic E-state index is 12.4. The third-order valence-electron chi connectivity index (χ3n) is 7.37. The molecule has 0 aliphatic heterocycles. The van der Waals surface area contributed by atoms with E-state index in [1.807, 2.05) is 0 Å². The van der Waals surface area contributed by atoms with Crippen molar-refractivity contribution in [2.75, 3.05) is 13.2 Å². The third-order valence-corrected chi connectivity index (χ3v) is 7.85. The van der Waals surface area contributed by atoms with Gasteiger partial charge >= 0.3 is 19.8 Å². The lowest BCUT2D eigenvalue weighted by atomic mass is 10.1. The molecule has 0 aliphatic carbocycles. The first kappa shape index (κ1) is 47.2. The Morgan fingerprint density at radius 1 is 0.520 bits per heavy atom. The molecule has 9 heteroatoms. The van der Waals surface area contributed by atoms with Gasteiger partial charge in [-0.2, -0.15) is 0 Å². The number of phosphoric acid groups is 1. The van der Waals surface area contributed by atoms with Crippen LogP contribution < -0.4 is 0 Å². The molecule has 0 radical (unpaired) electrons. The lowest BCUT2D eigenvalue weighted by Crippen LogP contribution is -2.29. The fourth-order valence-electron chi connectivity index (χ4n) is 4.54. The molecule has 0 aromatic carbocycles. The predicted octanol–water partition coefficient (Wildman–Crippen LogP) is 11.3. The Labute approximate surface area is 303 Å². The molecular formula is C41H67O8P. The topological polar surface area (TPSA) is 119 Å². The molecule has 284 valence electrons. The number of ether oxygens (including phenoxy) is 2. The summed E-state index contributed by atoms with van der Waals surface area (Å²) < 4.78 is 26.2. The van der Waals surface area contributed by atoms with Gasteiger partial charge in [-0.3, -0.25) is 14.1 Å². The van der Waals surface area contributed by atoms with Crippen LogP contribution in [0.25, 0.3) is 0 Å². The Bertz CT molecular complexity index is 1080. The van der Waals surface area contributed by atoms with Crippen LogP contribution in [0.2, 0.25) is 0 Å². The number of hydrogen-bond donors (Lipinski definition) is 2. The molecule has 0 aromatic heterocycles. The van der Waals surface area contributed by atoms with Crippen LogP contribution in [0.5, 0.6) is 0 Å². The standard InChI is InChI=1S/C41H67O8P/c1-3-5-7-9-11-13-15-17-19-20-22-24-26-28-30-32-34-36-41(43)49-39(38-48-50(44,45)46)37-47-40(42)35-33-31-29-27-25-23-21-18-16-14-12-10-8-6-4-2/h7,9,12-15,18-21,24-27,39H,3-6,8,10-11,16-17,22-23,28-38H2,1-2H3,(H2,44,45,46)/b9-7+,14-12+,15-13+,20-19+,21-18+,26-24+,27-25+/t39-/m1/s1. The van der Waals surface area contributed by atoms with Gasteiger partial charge in [-0.25, -0.2) is 4.57 Å². The number of hydrogen-bond acceptors (Lipinski definition) is 6. The van der Waals surface area contributed by atoms with Gasteiger partial charge in [0.2, 0.25) is 0 Å². The second kappa shape index (κ2) is 36.0. The first-order chi connectivity index (χ1) is 24.3. The molecule has 0 bridgehead atoms. The van der Waals surface area contributed by atoms with E-state index in [2.05, 4.69) is 103 Å². The summed E-state index contributed by atoms with van der Waals surface area (Å²) in [4.78, 5) is 42.7. The van der Waals surface area contributed by atoms with Crippen LogP contribution in [0.3, 0.4) is 0 Å². The van der Waals surface area contributed by atoms with Gasteiger partial charge in [0.05, 0.1) is 6.61 Å². The molecule has 0 saturated carbocycles. The Balaban J connectivity index is 4.13. The molecule has 0 saturated heterocycles. The van der Waals surface area contributed by atoms with Crippen LogP contribution in [-0.2, 0) is 28.2 Å². The Morgan fingerprint density at radius 3 is 1.42 bits per heavy atom. The van der Waals surface area contributed by atoms with Gasteiger partial charge in [-0.15, -0.1) is 0 Å². The zero-order valence-corrected chi connectivity index (χ0v) is 31.9. The third kappa shape index (κ3) is 38.0. The molecule has 0 aromatic rings. The van der Waals surface area contributed by atoms with Gasteiger partial charge in [-0.05, 0) is 89.9 Å². The molecule has 0 heterocycles. The molecule has 1 atom stereocenters. The minimum atomic E-state index is -4.77. The van der Waals surface area contributed by atoms with E-state index in [4.69, 9.17) is 19.3 Å². The van der Waals surface area contributed by atoms with Crippen molar-refractivity contribution in [1.29, 1.82) is 0 Å². The Hall–Kier alpha value is -2.77. The fraction of sp³-hybridized carbons (Fsp3) is 0.610. The molecule has 50 heavy (non-hydrogen) atoms. The summed E-state index contributed by atoms with van der Waals surface area (Å²) in [5.74, 6) is -0.976. The van der Waals surface area contributed by atoms with Gasteiger partial charge in [0.15, 0.2) is 6.10 Å². The van der Waals surface area contributed by atoms with Crippen molar-refractivity contribution in [2.24, 2.45) is 0 Å². The van der Waals surface area contributed by atoms with Crippen LogP contribution in [0, 0.1) is 0 Å². The molecule has 8 nitrogen and oxygen atoms in total. The highest BCUT2D eigenvalue weighted by molar-refractivity contribution is 7.46. The van der Waals surface area contributed by atoms with Gasteiger partial charge in [0, 0.05) is 12.8 Å². The van der Waals surface area contributed by atoms with Crippen LogP contribution in [0.15, 0.2) is 85.1 Å². The fourth-order valence-corrected chi connectivity index (χ4v) is 4.90. The van der Waals surface area contributed by atoms with E-state index < -0.39 is 32.5 Å². The van der Waals surface area contributed by atoms with Gasteiger partial charge in [0.1, 0.15) is 6.61 Å². The van der Waals surface area contributed by atoms with E-state index in [0.29, 0.717) is 12.8 Å². The van der Waals surface area contributed by atoms with E-state index in [-0.39, 0.29) is 19.4 Å². The van der Waals surface area contributed by atoms with Crippen molar-refractivity contribution in [3.63, 3.8) is 0 Å². The summed E-state index contributed by atoms with van der Waals surface area (Å²) in [7, 11) is -4.77. The molecule has 0 aliphatic rings. The molecule has 0 rings (SSSR count). The summed E-state index contributed by atoms with van der Waals surface area (Å²) in [6.45, 7) is 3.50. The summed E-state index contributed by atoms with van der Waals surface area (Å²) in [6.07, 6.45) is 47.3. The van der Waals surface area contributed by atoms with Crippen molar-refractivity contribution in [3.8, 4) is 0 Å². The van der Waals surface area contributed by atoms with Crippen molar-refractivity contribution >= 4 is 19.8 Å². The van der Waals surface area contributed by atoms with E-state index in [1.54, 1.807) is 0 Å². The second-order valence-corrected chi connectivity index (χ2v) is 13.4. The van der Waals surface area contributed by atoms with Gasteiger partial charge in [0.25, 0.3) is 0 Å². The molecule has 2 N–H and O–H groups in total. The number of esters is 2. The lowest BCUT2D eigenvalue weighted by Gasteiger charge is -2.18. The van der Waals surface area contributed by atoms with Gasteiger partial charge < -0.3 is 19.3 Å². The zero-order valence-electron chi connectivity index (χ0n) is 31.0. The van der Waals surface area contributed by atoms with E-state index in [1.165, 1.54) is 25.7 Å². The van der Waals surface area contributed by atoms with E-state index in [9.17, 15) is 14.2 Å². The quantitative estimate of drug-likeness (QED) is 0.0298. The smallest absolute Gasteiger partial charge is 0.462 e. The maximum Gasteiger partial charge on any atom is 0.469 e. The normalized spacial score (nSPS) is 13.4. The van der Waals surface area contributed by atoms with Crippen LogP contribution >= 0.6 is 7.82 Å². The number of rotatable bonds is 33. The number of unbranched alkanes of at least 4 members (excludes halogenated alkanes) is 9. The van der Waals surface area contributed by atoms with Crippen LogP contribution in [0.4, 0.5) is 0 Å².